The number of anilines is 2. The quantitative estimate of drug-likeness (QED) is 0.0453. The van der Waals surface area contributed by atoms with Crippen LogP contribution in [0.5, 0.6) is 0 Å². The highest BCUT2D eigenvalue weighted by molar-refractivity contribution is 5.99. The summed E-state index contributed by atoms with van der Waals surface area (Å²) in [4.78, 5) is 103. The van der Waals surface area contributed by atoms with Crippen molar-refractivity contribution in [1.82, 2.24) is 35.9 Å². The number of nitrogens with zero attached hydrogens (tertiary/aromatic N) is 4. The molecule has 1 saturated carbocycles. The van der Waals surface area contributed by atoms with Crippen LogP contribution in [0, 0.1) is 5.92 Å². The second-order valence-electron chi connectivity index (χ2n) is 15.3. The van der Waals surface area contributed by atoms with Crippen LogP contribution in [0.25, 0.3) is 11.2 Å². The molecule has 0 spiro atoms. The molecular weight excluding hydrogens is 876 g/mol. The lowest BCUT2D eigenvalue weighted by Crippen LogP contribution is -2.43. The van der Waals surface area contributed by atoms with Gasteiger partial charge in [-0.25, -0.2) is 19.6 Å². The van der Waals surface area contributed by atoms with E-state index in [2.05, 4.69) is 41.2 Å². The molecule has 0 radical (unpaired) electrons. The van der Waals surface area contributed by atoms with Crippen molar-refractivity contribution in [2.24, 2.45) is 5.92 Å². The van der Waals surface area contributed by atoms with Crippen molar-refractivity contribution < 1.29 is 60.9 Å². The summed E-state index contributed by atoms with van der Waals surface area (Å²) < 4.78 is 63.5. The van der Waals surface area contributed by atoms with E-state index in [1.54, 1.807) is 13.8 Å². The van der Waals surface area contributed by atoms with Gasteiger partial charge in [-0.1, -0.05) is 44.2 Å². The summed E-state index contributed by atoms with van der Waals surface area (Å²) in [5, 5.41) is 10.2. The van der Waals surface area contributed by atoms with Crippen molar-refractivity contribution in [2.45, 2.75) is 83.5 Å². The maximum atomic E-state index is 13.8. The van der Waals surface area contributed by atoms with Gasteiger partial charge in [-0.05, 0) is 49.1 Å². The van der Waals surface area contributed by atoms with Crippen LogP contribution in [-0.2, 0) is 51.3 Å². The zero-order valence-corrected chi connectivity index (χ0v) is 36.3. The number of hydrogen-bond acceptors (Lipinski definition) is 14. The topological polar surface area (TPSA) is 262 Å². The van der Waals surface area contributed by atoms with Gasteiger partial charge in [-0.15, -0.1) is 0 Å². The van der Waals surface area contributed by atoms with E-state index in [1.165, 1.54) is 0 Å². The minimum Gasteiger partial charge on any atom is -0.467 e. The van der Waals surface area contributed by atoms with Crippen molar-refractivity contribution in [3.8, 4) is 0 Å². The van der Waals surface area contributed by atoms with Crippen molar-refractivity contribution in [3.63, 3.8) is 0 Å². The van der Waals surface area contributed by atoms with Gasteiger partial charge >= 0.3 is 24.1 Å². The predicted octanol–water partition coefficient (Wildman–Crippen LogP) is 3.80. The first kappa shape index (κ1) is 50.0. The van der Waals surface area contributed by atoms with Gasteiger partial charge in [0.25, 0.3) is 11.5 Å². The zero-order chi connectivity index (χ0) is 47.9. The number of alkyl halides is 3. The highest BCUT2D eigenvalue weighted by atomic mass is 19.4. The monoisotopic (exact) mass is 925 g/mol. The number of methoxy groups -OCH3 is 1. The van der Waals surface area contributed by atoms with Gasteiger partial charge in [0.2, 0.25) is 17.8 Å². The second kappa shape index (κ2) is 23.3. The highest BCUT2D eigenvalue weighted by Gasteiger charge is 2.43. The van der Waals surface area contributed by atoms with Crippen LogP contribution < -0.4 is 31.7 Å². The summed E-state index contributed by atoms with van der Waals surface area (Å²) in [5.74, 6) is -6.42. The first-order valence-electron chi connectivity index (χ1n) is 20.9. The van der Waals surface area contributed by atoms with Gasteiger partial charge in [0.05, 0.1) is 38.8 Å². The molecule has 1 aliphatic rings. The fourth-order valence-electron chi connectivity index (χ4n) is 6.57. The number of benzene rings is 2. The second-order valence-corrected chi connectivity index (χ2v) is 15.3. The third kappa shape index (κ3) is 14.5. The standard InChI is InChI=1S/C43H50F3N9O11/c1-26(2)35(57)53-40-52-34-33(37(59)54-40)50-29(23-49-34)24-55(39(61)43(44,45)46)30-13-11-28(12-14-30)36(58)51-31(38(60)63-3)15-16-32(56)47-19-21-65-42(17-7-8-18-42)66-22-20-48-41(62)64-25-27-9-5-4-6-10-27/h4-6,9-14,23,26,31H,7-8,15-22,24-25H2,1-3H3,(H,47,56)(H,48,62)(H,51,58)(H2,49,52,53,54,57,59)/t31-/m0/s1. The zero-order valence-electron chi connectivity index (χ0n) is 36.3. The Hall–Kier alpha value is -7.01. The number of fused-ring (bicyclic) bond motifs is 1. The number of aromatic amines is 1. The molecule has 2 aromatic carbocycles. The van der Waals surface area contributed by atoms with Crippen molar-refractivity contribution in [2.75, 3.05) is 43.6 Å². The lowest BCUT2D eigenvalue weighted by Gasteiger charge is -2.29. The third-order valence-corrected chi connectivity index (χ3v) is 10.0. The molecular formula is C43H50F3N9O11. The number of halogens is 3. The summed E-state index contributed by atoms with van der Waals surface area (Å²) >= 11 is 0. The number of carbonyl (C=O) groups is 6. The van der Waals surface area contributed by atoms with E-state index in [1.807, 2.05) is 30.3 Å². The number of rotatable bonds is 21. The molecule has 5 N–H and O–H groups in total. The lowest BCUT2D eigenvalue weighted by atomic mass is 10.1. The van der Waals surface area contributed by atoms with Crippen molar-refractivity contribution in [1.29, 1.82) is 0 Å². The van der Waals surface area contributed by atoms with Crippen molar-refractivity contribution >= 4 is 58.5 Å². The fourth-order valence-corrected chi connectivity index (χ4v) is 6.57. The number of esters is 1. The minimum absolute atomic E-state index is 0.103. The Labute approximate surface area is 375 Å². The fraction of sp³-hybridized carbons (Fsp3) is 0.442. The Balaban J connectivity index is 1.11. The van der Waals surface area contributed by atoms with Crippen LogP contribution in [0.4, 0.5) is 29.6 Å². The molecule has 0 bridgehead atoms. The van der Waals surface area contributed by atoms with Crippen LogP contribution in [0.15, 0.2) is 65.6 Å². The number of aromatic nitrogens is 4. The molecule has 0 saturated heterocycles. The molecule has 2 heterocycles. The van der Waals surface area contributed by atoms with Gasteiger partial charge in [-0.2, -0.15) is 18.2 Å². The molecule has 1 aliphatic carbocycles. The molecule has 354 valence electrons. The van der Waals surface area contributed by atoms with Gasteiger partial charge in [0.15, 0.2) is 17.0 Å². The van der Waals surface area contributed by atoms with E-state index in [-0.39, 0.29) is 79.8 Å². The van der Waals surface area contributed by atoms with Crippen LogP contribution >= 0.6 is 0 Å². The number of ether oxygens (including phenoxy) is 4. The average Bonchev–Trinajstić information content (AvgIpc) is 3.77. The number of amides is 5. The molecule has 1 fully saturated rings. The van der Waals surface area contributed by atoms with E-state index < -0.39 is 71.7 Å². The molecule has 5 rings (SSSR count). The Bertz CT molecular complexity index is 2400. The maximum Gasteiger partial charge on any atom is 0.471 e. The normalized spacial score (nSPS) is 13.7. The highest BCUT2D eigenvalue weighted by Crippen LogP contribution is 2.34. The molecule has 5 amide bonds. The van der Waals surface area contributed by atoms with Crippen LogP contribution in [0.2, 0.25) is 0 Å². The van der Waals surface area contributed by atoms with E-state index in [9.17, 15) is 46.7 Å². The smallest absolute Gasteiger partial charge is 0.467 e. The number of hydrogen-bond donors (Lipinski definition) is 5. The molecule has 0 aliphatic heterocycles. The number of H-pyrrole nitrogens is 1. The number of alkyl carbamates (subject to hydrolysis) is 1. The Morgan fingerprint density at radius 3 is 2.21 bits per heavy atom. The van der Waals surface area contributed by atoms with E-state index in [4.69, 9.17) is 18.9 Å². The summed E-state index contributed by atoms with van der Waals surface area (Å²) in [6.45, 7) is 3.13. The average molecular weight is 926 g/mol. The summed E-state index contributed by atoms with van der Waals surface area (Å²) in [7, 11) is 1.09. The third-order valence-electron chi connectivity index (χ3n) is 10.0. The van der Waals surface area contributed by atoms with E-state index in [0.29, 0.717) is 17.7 Å². The Morgan fingerprint density at radius 1 is 0.909 bits per heavy atom. The first-order chi connectivity index (χ1) is 31.5. The van der Waals surface area contributed by atoms with E-state index >= 15 is 0 Å². The summed E-state index contributed by atoms with van der Waals surface area (Å²) in [6, 6.07) is 12.3. The van der Waals surface area contributed by atoms with Gasteiger partial charge in [0.1, 0.15) is 12.6 Å². The molecule has 23 heteroatoms. The van der Waals surface area contributed by atoms with Gasteiger partial charge in [-0.3, -0.25) is 39.2 Å². The Morgan fingerprint density at radius 2 is 1.58 bits per heavy atom. The summed E-state index contributed by atoms with van der Waals surface area (Å²) in [6.07, 6.45) is -2.31. The van der Waals surface area contributed by atoms with Gasteiger partial charge in [0, 0.05) is 49.5 Å². The SMILES string of the molecule is COC(=O)[C@H](CCC(=O)NCCOC1(OCCNC(=O)OCc2ccccc2)CCCC1)NC(=O)c1ccc(N(Cc2cnc3nc(NC(=O)C(C)C)[nH]c(=O)c3n2)C(=O)C(F)(F)F)cc1. The Kier molecular flexibility index (Phi) is 17.6. The number of nitrogens with one attached hydrogen (secondary N) is 5. The first-order valence-corrected chi connectivity index (χ1v) is 20.9. The van der Waals surface area contributed by atoms with Crippen LogP contribution in [0.1, 0.15) is 74.0 Å². The van der Waals surface area contributed by atoms with Crippen LogP contribution in [0.3, 0.4) is 0 Å². The maximum absolute atomic E-state index is 13.8. The molecule has 0 unspecified atom stereocenters. The lowest BCUT2D eigenvalue weighted by molar-refractivity contribution is -0.230. The number of carbonyl (C=O) groups excluding carboxylic acids is 6. The molecule has 4 aromatic rings. The molecule has 20 nitrogen and oxygen atoms in total. The van der Waals surface area contributed by atoms with Crippen LogP contribution in [-0.4, -0.2) is 107 Å². The summed E-state index contributed by atoms with van der Waals surface area (Å²) in [5.41, 5.74) is -1.23. The molecule has 66 heavy (non-hydrogen) atoms. The van der Waals surface area contributed by atoms with E-state index in [0.717, 1.165) is 56.0 Å². The van der Waals surface area contributed by atoms with Crippen molar-refractivity contribution in [3.05, 3.63) is 88.0 Å². The minimum atomic E-state index is -5.34. The van der Waals surface area contributed by atoms with Gasteiger partial charge < -0.3 is 34.9 Å². The largest absolute Gasteiger partial charge is 0.471 e. The predicted molar refractivity (Wildman–Crippen MR) is 228 cm³/mol. The molecule has 2 aromatic heterocycles. The molecule has 1 atom stereocenters.